The zero-order valence-corrected chi connectivity index (χ0v) is 20.8. The Kier molecular flexibility index (Phi) is 7.28. The summed E-state index contributed by atoms with van der Waals surface area (Å²) in [4.78, 5) is 14.9. The largest absolute Gasteiger partial charge is 0.495 e. The molecule has 0 aromatic heterocycles. The maximum Gasteiger partial charge on any atom is 0.264 e. The number of benzene rings is 3. The van der Waals surface area contributed by atoms with Gasteiger partial charge in [-0.25, -0.2) is 8.42 Å². The topological polar surface area (TPSA) is 97.0 Å². The Balaban J connectivity index is 1.71. The number of methoxy groups -OCH3 is 1. The van der Waals surface area contributed by atoms with Crippen LogP contribution in [0.2, 0.25) is 0 Å². The number of carbonyl (C=O) groups is 1. The van der Waals surface area contributed by atoms with Crippen LogP contribution in [-0.4, -0.2) is 47.7 Å². The molecule has 8 nitrogen and oxygen atoms in total. The van der Waals surface area contributed by atoms with E-state index in [1.807, 2.05) is 24.8 Å². The summed E-state index contributed by atoms with van der Waals surface area (Å²) in [5.41, 5.74) is 3.71. The summed E-state index contributed by atoms with van der Waals surface area (Å²) in [5, 5.41) is 2.84. The van der Waals surface area contributed by atoms with Gasteiger partial charge in [-0.05, 0) is 56.3 Å². The third kappa shape index (κ3) is 5.75. The number of rotatable bonds is 7. The van der Waals surface area contributed by atoms with Gasteiger partial charge in [0.25, 0.3) is 15.9 Å². The monoisotopic (exact) mass is 495 g/mol. The first kappa shape index (κ1) is 24.6. The van der Waals surface area contributed by atoms with Gasteiger partial charge in [-0.1, -0.05) is 29.3 Å². The molecular weight excluding hydrogens is 466 g/mol. The predicted molar refractivity (Wildman–Crippen MR) is 137 cm³/mol. The number of nitrogens with zero attached hydrogens (tertiary/aromatic N) is 1. The molecule has 184 valence electrons. The molecule has 1 aliphatic rings. The summed E-state index contributed by atoms with van der Waals surface area (Å²) in [6, 6.07) is 17.3. The van der Waals surface area contributed by atoms with Gasteiger partial charge in [-0.3, -0.25) is 9.52 Å². The number of nitrogens with one attached hydrogen (secondary N) is 2. The molecule has 1 fully saturated rings. The lowest BCUT2D eigenvalue weighted by molar-refractivity contribution is 0.102. The second-order valence-corrected chi connectivity index (χ2v) is 10.1. The van der Waals surface area contributed by atoms with Gasteiger partial charge in [0.2, 0.25) is 0 Å². The smallest absolute Gasteiger partial charge is 0.264 e. The van der Waals surface area contributed by atoms with Crippen molar-refractivity contribution in [1.82, 2.24) is 0 Å². The van der Waals surface area contributed by atoms with E-state index in [1.54, 1.807) is 48.5 Å². The average Bonchev–Trinajstić information content (AvgIpc) is 2.84. The van der Waals surface area contributed by atoms with E-state index < -0.39 is 10.0 Å². The zero-order valence-electron chi connectivity index (χ0n) is 20.0. The van der Waals surface area contributed by atoms with Gasteiger partial charge in [0.05, 0.1) is 31.7 Å². The normalized spacial score (nSPS) is 13.9. The lowest BCUT2D eigenvalue weighted by atomic mass is 10.1. The van der Waals surface area contributed by atoms with Crippen molar-refractivity contribution in [2.75, 3.05) is 48.4 Å². The van der Waals surface area contributed by atoms with Crippen LogP contribution in [0.3, 0.4) is 0 Å². The van der Waals surface area contributed by atoms with Gasteiger partial charge < -0.3 is 19.7 Å². The van der Waals surface area contributed by atoms with Gasteiger partial charge in [0.15, 0.2) is 0 Å². The molecule has 3 aromatic carbocycles. The number of ether oxygens (including phenoxy) is 2. The molecular formula is C26H29N3O5S. The number of amides is 1. The number of hydrogen-bond acceptors (Lipinski definition) is 6. The number of para-hydroxylation sites is 2. The maximum absolute atomic E-state index is 13.6. The molecule has 0 aliphatic carbocycles. The molecule has 0 unspecified atom stereocenters. The second-order valence-electron chi connectivity index (χ2n) is 8.42. The molecule has 1 amide bonds. The number of anilines is 3. The van der Waals surface area contributed by atoms with Crippen molar-refractivity contribution in [1.29, 1.82) is 0 Å². The van der Waals surface area contributed by atoms with Gasteiger partial charge in [-0.2, -0.15) is 0 Å². The summed E-state index contributed by atoms with van der Waals surface area (Å²) >= 11 is 0. The Morgan fingerprint density at radius 2 is 1.66 bits per heavy atom. The van der Waals surface area contributed by atoms with Crippen LogP contribution in [-0.2, 0) is 14.8 Å². The first-order valence-electron chi connectivity index (χ1n) is 11.3. The minimum absolute atomic E-state index is 0.0588. The van der Waals surface area contributed by atoms with Crippen LogP contribution in [0.25, 0.3) is 0 Å². The van der Waals surface area contributed by atoms with Crippen LogP contribution >= 0.6 is 0 Å². The first-order valence-corrected chi connectivity index (χ1v) is 12.8. The van der Waals surface area contributed by atoms with Crippen LogP contribution < -0.4 is 19.7 Å². The number of hydrogen-bond donors (Lipinski definition) is 2. The fourth-order valence-corrected chi connectivity index (χ4v) is 5.43. The molecule has 4 rings (SSSR count). The van der Waals surface area contributed by atoms with Crippen LogP contribution in [0.15, 0.2) is 65.6 Å². The molecule has 9 heteroatoms. The van der Waals surface area contributed by atoms with Gasteiger partial charge >= 0.3 is 0 Å². The summed E-state index contributed by atoms with van der Waals surface area (Å²) in [6.45, 7) is 5.98. The standard InChI is InChI=1S/C26H29N3O5S/c1-18-14-19(2)16-20(15-18)26(30)27-21-8-9-23(29-10-12-34-13-11-29)25(17-21)35(31,32)28-22-6-4-5-7-24(22)33-3/h4-9,14-17,28H,10-13H2,1-3H3,(H,27,30). The highest BCUT2D eigenvalue weighted by atomic mass is 32.2. The highest BCUT2D eigenvalue weighted by Crippen LogP contribution is 2.33. The fraction of sp³-hybridized carbons (Fsp3) is 0.269. The maximum atomic E-state index is 13.6. The Morgan fingerprint density at radius 1 is 0.971 bits per heavy atom. The number of sulfonamides is 1. The van der Waals surface area contributed by atoms with E-state index >= 15 is 0 Å². The lowest BCUT2D eigenvalue weighted by Gasteiger charge is -2.30. The van der Waals surface area contributed by atoms with E-state index in [4.69, 9.17) is 9.47 Å². The predicted octanol–water partition coefficient (Wildman–Crippen LogP) is 4.20. The van der Waals surface area contributed by atoms with Gasteiger partial charge in [0, 0.05) is 24.3 Å². The molecule has 2 N–H and O–H groups in total. The SMILES string of the molecule is COc1ccccc1NS(=O)(=O)c1cc(NC(=O)c2cc(C)cc(C)c2)ccc1N1CCOCC1. The highest BCUT2D eigenvalue weighted by Gasteiger charge is 2.25. The Hall–Kier alpha value is -3.56. The first-order chi connectivity index (χ1) is 16.8. The van der Waals surface area contributed by atoms with Crippen molar-refractivity contribution < 1.29 is 22.7 Å². The van der Waals surface area contributed by atoms with E-state index in [9.17, 15) is 13.2 Å². The molecule has 0 radical (unpaired) electrons. The van der Waals surface area contributed by atoms with E-state index in [-0.39, 0.29) is 10.8 Å². The molecule has 0 spiro atoms. The highest BCUT2D eigenvalue weighted by molar-refractivity contribution is 7.93. The Labute approximate surface area is 205 Å². The van der Waals surface area contributed by atoms with Crippen LogP contribution in [0.5, 0.6) is 5.75 Å². The third-order valence-electron chi connectivity index (χ3n) is 5.69. The summed E-state index contributed by atoms with van der Waals surface area (Å²) in [7, 11) is -2.54. The second kappa shape index (κ2) is 10.4. The molecule has 0 saturated carbocycles. The van der Waals surface area contributed by atoms with E-state index in [0.717, 1.165) is 11.1 Å². The minimum Gasteiger partial charge on any atom is -0.495 e. The molecule has 0 bridgehead atoms. The van der Waals surface area contributed by atoms with Crippen molar-refractivity contribution in [3.05, 3.63) is 77.4 Å². The fourth-order valence-electron chi connectivity index (χ4n) is 4.11. The molecule has 35 heavy (non-hydrogen) atoms. The molecule has 3 aromatic rings. The summed E-state index contributed by atoms with van der Waals surface area (Å²) in [6.07, 6.45) is 0. The zero-order chi connectivity index (χ0) is 25.0. The number of carbonyl (C=O) groups excluding carboxylic acids is 1. The Morgan fingerprint density at radius 3 is 2.34 bits per heavy atom. The molecule has 1 aliphatic heterocycles. The van der Waals surface area contributed by atoms with E-state index in [2.05, 4.69) is 10.0 Å². The number of morpholine rings is 1. The van der Waals surface area contributed by atoms with Crippen molar-refractivity contribution in [3.8, 4) is 5.75 Å². The van der Waals surface area contributed by atoms with Crippen molar-refractivity contribution in [2.24, 2.45) is 0 Å². The van der Waals surface area contributed by atoms with Crippen molar-refractivity contribution >= 4 is 33.0 Å². The van der Waals surface area contributed by atoms with E-state index in [1.165, 1.54) is 13.2 Å². The Bertz CT molecular complexity index is 1310. The minimum atomic E-state index is -4.03. The average molecular weight is 496 g/mol. The van der Waals surface area contributed by atoms with Crippen LogP contribution in [0, 0.1) is 13.8 Å². The molecule has 1 saturated heterocycles. The van der Waals surface area contributed by atoms with Crippen molar-refractivity contribution in [2.45, 2.75) is 18.7 Å². The molecule has 1 heterocycles. The third-order valence-corrected chi connectivity index (χ3v) is 7.09. The molecule has 0 atom stereocenters. The summed E-state index contributed by atoms with van der Waals surface area (Å²) in [5.74, 6) is 0.0974. The van der Waals surface area contributed by atoms with E-state index in [0.29, 0.717) is 54.7 Å². The van der Waals surface area contributed by atoms with Gasteiger partial charge in [0.1, 0.15) is 10.6 Å². The number of aryl methyl sites for hydroxylation is 2. The van der Waals surface area contributed by atoms with Gasteiger partial charge in [-0.15, -0.1) is 0 Å². The van der Waals surface area contributed by atoms with Crippen LogP contribution in [0.4, 0.5) is 17.1 Å². The lowest BCUT2D eigenvalue weighted by Crippen LogP contribution is -2.37. The summed E-state index contributed by atoms with van der Waals surface area (Å²) < 4.78 is 40.6. The quantitative estimate of drug-likeness (QED) is 0.510. The van der Waals surface area contributed by atoms with Crippen molar-refractivity contribution in [3.63, 3.8) is 0 Å². The van der Waals surface area contributed by atoms with Crippen LogP contribution in [0.1, 0.15) is 21.5 Å².